The van der Waals surface area contributed by atoms with Crippen LogP contribution >= 0.6 is 0 Å². The van der Waals surface area contributed by atoms with Gasteiger partial charge in [0.1, 0.15) is 5.75 Å². The molecule has 1 atom stereocenters. The minimum Gasteiger partial charge on any atom is -0.496 e. The first-order valence-corrected chi connectivity index (χ1v) is 11.3. The van der Waals surface area contributed by atoms with Crippen LogP contribution < -0.4 is 4.74 Å². The van der Waals surface area contributed by atoms with Gasteiger partial charge in [-0.15, -0.1) is 0 Å². The summed E-state index contributed by atoms with van der Waals surface area (Å²) in [7, 11) is -2.04. The van der Waals surface area contributed by atoms with E-state index in [-0.39, 0.29) is 19.0 Å². The predicted octanol–water partition coefficient (Wildman–Crippen LogP) is 3.36. The number of amides is 1. The lowest BCUT2D eigenvalue weighted by atomic mass is 9.99. The average molecular weight is 417 g/mol. The summed E-state index contributed by atoms with van der Waals surface area (Å²) in [6.45, 7) is 5.48. The molecule has 0 saturated carbocycles. The molecule has 3 rings (SSSR count). The fourth-order valence-corrected chi connectivity index (χ4v) is 4.90. The molecule has 7 heteroatoms. The molecular formula is C22H28N2O4S. The maximum atomic E-state index is 13.0. The Hall–Kier alpha value is -2.38. The summed E-state index contributed by atoms with van der Waals surface area (Å²) in [4.78, 5) is 14.8. The Kier molecular flexibility index (Phi) is 6.59. The van der Waals surface area contributed by atoms with Crippen molar-refractivity contribution in [2.24, 2.45) is 0 Å². The summed E-state index contributed by atoms with van der Waals surface area (Å²) in [6.07, 6.45) is 1.01. The van der Waals surface area contributed by atoms with E-state index in [0.29, 0.717) is 35.2 Å². The number of rotatable bonds is 6. The second-order valence-corrected chi connectivity index (χ2v) is 9.21. The van der Waals surface area contributed by atoms with E-state index in [0.717, 1.165) is 12.0 Å². The Balaban J connectivity index is 1.69. The van der Waals surface area contributed by atoms with Gasteiger partial charge in [0.2, 0.25) is 10.0 Å². The first kappa shape index (κ1) is 21.3. The topological polar surface area (TPSA) is 66.9 Å². The summed E-state index contributed by atoms with van der Waals surface area (Å²) < 4.78 is 32.7. The molecule has 0 unspecified atom stereocenters. The zero-order valence-corrected chi connectivity index (χ0v) is 18.0. The molecule has 0 bridgehead atoms. The number of ether oxygens (including phenoxy) is 1. The molecule has 2 aromatic carbocycles. The summed E-state index contributed by atoms with van der Waals surface area (Å²) >= 11 is 0. The van der Waals surface area contributed by atoms with Crippen LogP contribution in [0.4, 0.5) is 0 Å². The van der Waals surface area contributed by atoms with Gasteiger partial charge in [0.05, 0.1) is 17.6 Å². The average Bonchev–Trinajstić information content (AvgIpc) is 2.78. The molecule has 1 amide bonds. The first-order chi connectivity index (χ1) is 13.9. The lowest BCUT2D eigenvalue weighted by Gasteiger charge is -2.34. The second kappa shape index (κ2) is 8.97. The van der Waals surface area contributed by atoms with Crippen LogP contribution in [-0.4, -0.2) is 56.8 Å². The normalized spacial score (nSPS) is 16.4. The fraction of sp³-hybridized carbons (Fsp3) is 0.409. The molecule has 0 N–H and O–H groups in total. The van der Waals surface area contributed by atoms with Crippen LogP contribution in [0.5, 0.6) is 5.75 Å². The van der Waals surface area contributed by atoms with Crippen molar-refractivity contribution in [3.63, 3.8) is 0 Å². The molecule has 156 valence electrons. The number of carbonyl (C=O) groups is 1. The Bertz CT molecular complexity index is 949. The number of para-hydroxylation sites is 1. The van der Waals surface area contributed by atoms with E-state index < -0.39 is 10.0 Å². The van der Waals surface area contributed by atoms with Crippen LogP contribution in [-0.2, 0) is 10.0 Å². The van der Waals surface area contributed by atoms with E-state index in [1.165, 1.54) is 11.4 Å². The number of carbonyl (C=O) groups excluding carboxylic acids is 1. The summed E-state index contributed by atoms with van der Waals surface area (Å²) in [6, 6.07) is 14.2. The molecule has 2 aromatic rings. The quantitative estimate of drug-likeness (QED) is 0.724. The van der Waals surface area contributed by atoms with E-state index in [2.05, 4.69) is 13.8 Å². The second-order valence-electron chi connectivity index (χ2n) is 7.27. The number of benzene rings is 2. The molecular weight excluding hydrogens is 388 g/mol. The Morgan fingerprint density at radius 2 is 1.66 bits per heavy atom. The molecule has 0 radical (unpaired) electrons. The van der Waals surface area contributed by atoms with Gasteiger partial charge in [0, 0.05) is 26.2 Å². The monoisotopic (exact) mass is 416 g/mol. The maximum Gasteiger partial charge on any atom is 0.257 e. The minimum absolute atomic E-state index is 0.141. The van der Waals surface area contributed by atoms with Crippen LogP contribution in [0, 0.1) is 0 Å². The highest BCUT2D eigenvalue weighted by molar-refractivity contribution is 7.89. The van der Waals surface area contributed by atoms with E-state index in [4.69, 9.17) is 4.74 Å². The van der Waals surface area contributed by atoms with E-state index in [1.54, 1.807) is 35.2 Å². The standard InChI is InChI=1S/C22H28N2O4S/c1-4-17(2)18-9-11-19(12-10-18)29(26,27)24-15-13-23(14-16-24)22(25)20-7-5-6-8-21(20)28-3/h5-12,17H,4,13-16H2,1-3H3/t17-/m1/s1. The van der Waals surface area contributed by atoms with Gasteiger partial charge >= 0.3 is 0 Å². The number of hydrogen-bond acceptors (Lipinski definition) is 4. The van der Waals surface area contributed by atoms with Gasteiger partial charge in [0.15, 0.2) is 0 Å². The summed E-state index contributed by atoms with van der Waals surface area (Å²) in [5.74, 6) is 0.780. The Morgan fingerprint density at radius 1 is 1.03 bits per heavy atom. The lowest BCUT2D eigenvalue weighted by Crippen LogP contribution is -2.50. The zero-order valence-electron chi connectivity index (χ0n) is 17.2. The molecule has 6 nitrogen and oxygen atoms in total. The van der Waals surface area contributed by atoms with Crippen molar-refractivity contribution < 1.29 is 17.9 Å². The third kappa shape index (κ3) is 4.46. The molecule has 1 aliphatic heterocycles. The SMILES string of the molecule is CC[C@@H](C)c1ccc(S(=O)(=O)N2CCN(C(=O)c3ccccc3OC)CC2)cc1. The Morgan fingerprint density at radius 3 is 2.24 bits per heavy atom. The van der Waals surface area contributed by atoms with Crippen molar-refractivity contribution in [1.29, 1.82) is 0 Å². The van der Waals surface area contributed by atoms with Gasteiger partial charge in [-0.05, 0) is 42.2 Å². The van der Waals surface area contributed by atoms with Gasteiger partial charge in [0.25, 0.3) is 5.91 Å². The van der Waals surface area contributed by atoms with Crippen LogP contribution in [0.2, 0.25) is 0 Å². The third-order valence-electron chi connectivity index (χ3n) is 5.56. The molecule has 1 aliphatic rings. The minimum atomic E-state index is -3.57. The fourth-order valence-electron chi connectivity index (χ4n) is 3.48. The number of sulfonamides is 1. The van der Waals surface area contributed by atoms with E-state index in [9.17, 15) is 13.2 Å². The van der Waals surface area contributed by atoms with Crippen molar-refractivity contribution in [2.45, 2.75) is 31.1 Å². The lowest BCUT2D eigenvalue weighted by molar-refractivity contribution is 0.0694. The van der Waals surface area contributed by atoms with Crippen molar-refractivity contribution in [1.82, 2.24) is 9.21 Å². The highest BCUT2D eigenvalue weighted by Crippen LogP contribution is 2.24. The molecule has 1 saturated heterocycles. The smallest absolute Gasteiger partial charge is 0.257 e. The van der Waals surface area contributed by atoms with Crippen molar-refractivity contribution in [3.8, 4) is 5.75 Å². The summed E-state index contributed by atoms with van der Waals surface area (Å²) in [5.41, 5.74) is 1.63. The van der Waals surface area contributed by atoms with Gasteiger partial charge in [-0.1, -0.05) is 38.1 Å². The molecule has 0 aromatic heterocycles. The van der Waals surface area contributed by atoms with Crippen LogP contribution in [0.25, 0.3) is 0 Å². The van der Waals surface area contributed by atoms with Gasteiger partial charge < -0.3 is 9.64 Å². The largest absolute Gasteiger partial charge is 0.496 e. The number of piperazine rings is 1. The van der Waals surface area contributed by atoms with Gasteiger partial charge in [-0.3, -0.25) is 4.79 Å². The molecule has 1 heterocycles. The number of methoxy groups -OCH3 is 1. The zero-order chi connectivity index (χ0) is 21.0. The Labute approximate surface area is 173 Å². The van der Waals surface area contributed by atoms with Gasteiger partial charge in [-0.25, -0.2) is 8.42 Å². The summed E-state index contributed by atoms with van der Waals surface area (Å²) in [5, 5.41) is 0. The van der Waals surface area contributed by atoms with E-state index in [1.807, 2.05) is 18.2 Å². The predicted molar refractivity (Wildman–Crippen MR) is 113 cm³/mol. The van der Waals surface area contributed by atoms with Crippen molar-refractivity contribution in [3.05, 3.63) is 59.7 Å². The molecule has 1 fully saturated rings. The highest BCUT2D eigenvalue weighted by Gasteiger charge is 2.31. The number of hydrogen-bond donors (Lipinski definition) is 0. The highest BCUT2D eigenvalue weighted by atomic mass is 32.2. The van der Waals surface area contributed by atoms with Crippen molar-refractivity contribution in [2.75, 3.05) is 33.3 Å². The van der Waals surface area contributed by atoms with Crippen LogP contribution in [0.15, 0.2) is 53.4 Å². The first-order valence-electron chi connectivity index (χ1n) is 9.91. The molecule has 0 aliphatic carbocycles. The van der Waals surface area contributed by atoms with Crippen LogP contribution in [0.3, 0.4) is 0 Å². The van der Waals surface area contributed by atoms with Gasteiger partial charge in [-0.2, -0.15) is 4.31 Å². The van der Waals surface area contributed by atoms with Crippen LogP contribution in [0.1, 0.15) is 42.1 Å². The third-order valence-corrected chi connectivity index (χ3v) is 7.48. The molecule has 29 heavy (non-hydrogen) atoms. The molecule has 0 spiro atoms. The maximum absolute atomic E-state index is 13.0. The van der Waals surface area contributed by atoms with E-state index >= 15 is 0 Å². The number of nitrogens with zero attached hydrogens (tertiary/aromatic N) is 2. The van der Waals surface area contributed by atoms with Crippen molar-refractivity contribution >= 4 is 15.9 Å².